The number of thioether (sulfide) groups is 1. The Morgan fingerprint density at radius 1 is 1.57 bits per heavy atom. The monoisotopic (exact) mass is 293 g/mol. The number of hydrogen-bond donors (Lipinski definition) is 0. The molecule has 0 amide bonds. The van der Waals surface area contributed by atoms with Gasteiger partial charge in [0.05, 0.1) is 10.4 Å². The van der Waals surface area contributed by atoms with Crippen molar-refractivity contribution >= 4 is 39.0 Å². The number of rotatable bonds is 3. The van der Waals surface area contributed by atoms with Crippen molar-refractivity contribution in [3.05, 3.63) is 10.1 Å². The summed E-state index contributed by atoms with van der Waals surface area (Å²) in [7, 11) is 0. The summed E-state index contributed by atoms with van der Waals surface area (Å²) in [6.45, 7) is 1.88. The maximum absolute atomic E-state index is 5.33. The molecule has 1 aliphatic rings. The molecule has 2 heterocycles. The van der Waals surface area contributed by atoms with Crippen molar-refractivity contribution in [3.8, 4) is 0 Å². The van der Waals surface area contributed by atoms with Crippen molar-refractivity contribution in [1.29, 1.82) is 0 Å². The molecule has 5 heteroatoms. The molecule has 0 saturated carbocycles. The standard InChI is InChI=1S/C9H12BrNOS2/c10-9-11-5-8(14-9)13-6-7-1-3-12-4-2-7/h5,7H,1-4,6H2. The summed E-state index contributed by atoms with van der Waals surface area (Å²) in [5.74, 6) is 2.03. The van der Waals surface area contributed by atoms with E-state index in [2.05, 4.69) is 20.9 Å². The van der Waals surface area contributed by atoms with Gasteiger partial charge in [0.2, 0.25) is 0 Å². The molecule has 1 aromatic heterocycles. The number of nitrogens with zero attached hydrogens (tertiary/aromatic N) is 1. The van der Waals surface area contributed by atoms with Crippen LogP contribution in [-0.4, -0.2) is 24.0 Å². The second-order valence-corrected chi connectivity index (χ2v) is 6.93. The van der Waals surface area contributed by atoms with Crippen LogP contribution in [0.1, 0.15) is 12.8 Å². The number of aromatic nitrogens is 1. The molecule has 0 bridgehead atoms. The van der Waals surface area contributed by atoms with Gasteiger partial charge in [-0.2, -0.15) is 0 Å². The number of ether oxygens (including phenoxy) is 1. The van der Waals surface area contributed by atoms with Gasteiger partial charge in [0, 0.05) is 19.0 Å². The van der Waals surface area contributed by atoms with Crippen molar-refractivity contribution in [3.63, 3.8) is 0 Å². The minimum atomic E-state index is 0.828. The zero-order valence-corrected chi connectivity index (χ0v) is 11.0. The van der Waals surface area contributed by atoms with Crippen LogP contribution in [0.3, 0.4) is 0 Å². The van der Waals surface area contributed by atoms with E-state index in [1.807, 2.05) is 18.0 Å². The van der Waals surface area contributed by atoms with Crippen LogP contribution in [-0.2, 0) is 4.74 Å². The van der Waals surface area contributed by atoms with Crippen molar-refractivity contribution in [2.45, 2.75) is 17.1 Å². The summed E-state index contributed by atoms with van der Waals surface area (Å²) < 4.78 is 7.62. The van der Waals surface area contributed by atoms with Crippen LogP contribution in [0.2, 0.25) is 0 Å². The quantitative estimate of drug-likeness (QED) is 0.797. The lowest BCUT2D eigenvalue weighted by atomic mass is 10.0. The second-order valence-electron chi connectivity index (χ2n) is 3.30. The van der Waals surface area contributed by atoms with Gasteiger partial charge in [-0.25, -0.2) is 4.98 Å². The predicted octanol–water partition coefficient (Wildman–Crippen LogP) is 3.42. The van der Waals surface area contributed by atoms with Gasteiger partial charge in [-0.3, -0.25) is 0 Å². The van der Waals surface area contributed by atoms with E-state index in [0.29, 0.717) is 0 Å². The molecule has 1 aromatic rings. The highest BCUT2D eigenvalue weighted by Crippen LogP contribution is 2.31. The largest absolute Gasteiger partial charge is 0.381 e. The average Bonchev–Trinajstić information content (AvgIpc) is 2.63. The highest BCUT2D eigenvalue weighted by molar-refractivity contribution is 9.11. The highest BCUT2D eigenvalue weighted by Gasteiger charge is 2.14. The van der Waals surface area contributed by atoms with E-state index in [4.69, 9.17) is 4.74 Å². The third kappa shape index (κ3) is 3.22. The third-order valence-electron chi connectivity index (χ3n) is 2.26. The summed E-state index contributed by atoms with van der Waals surface area (Å²) in [5, 5.41) is 0. The van der Waals surface area contributed by atoms with Gasteiger partial charge >= 0.3 is 0 Å². The Hall–Kier alpha value is 0.420. The van der Waals surface area contributed by atoms with Crippen molar-refractivity contribution in [2.75, 3.05) is 19.0 Å². The molecule has 1 aliphatic heterocycles. The summed E-state index contributed by atoms with van der Waals surface area (Å²) in [6, 6.07) is 0. The summed E-state index contributed by atoms with van der Waals surface area (Å²) in [6.07, 6.45) is 4.37. The Kier molecular flexibility index (Phi) is 4.28. The SMILES string of the molecule is Brc1ncc(SCC2CCOCC2)s1. The van der Waals surface area contributed by atoms with Gasteiger partial charge in [0.15, 0.2) is 3.92 Å². The smallest absolute Gasteiger partial charge is 0.160 e. The normalized spacial score (nSPS) is 18.6. The summed E-state index contributed by atoms with van der Waals surface area (Å²) in [5.41, 5.74) is 0. The molecule has 2 nitrogen and oxygen atoms in total. The maximum atomic E-state index is 5.33. The van der Waals surface area contributed by atoms with Crippen molar-refractivity contribution in [1.82, 2.24) is 4.98 Å². The minimum Gasteiger partial charge on any atom is -0.381 e. The van der Waals surface area contributed by atoms with Crippen LogP contribution in [0.4, 0.5) is 0 Å². The van der Waals surface area contributed by atoms with Crippen LogP contribution in [0, 0.1) is 5.92 Å². The fraction of sp³-hybridized carbons (Fsp3) is 0.667. The van der Waals surface area contributed by atoms with Crippen LogP contribution < -0.4 is 0 Å². The van der Waals surface area contributed by atoms with Gasteiger partial charge in [0.25, 0.3) is 0 Å². The first-order valence-corrected chi connectivity index (χ1v) is 7.26. The number of halogens is 1. The first-order valence-electron chi connectivity index (χ1n) is 4.66. The van der Waals surface area contributed by atoms with E-state index in [0.717, 1.165) is 23.0 Å². The van der Waals surface area contributed by atoms with Gasteiger partial charge in [-0.05, 0) is 34.7 Å². The fourth-order valence-electron chi connectivity index (χ4n) is 1.42. The van der Waals surface area contributed by atoms with Gasteiger partial charge in [0.1, 0.15) is 0 Å². The van der Waals surface area contributed by atoms with E-state index in [-0.39, 0.29) is 0 Å². The van der Waals surface area contributed by atoms with Gasteiger partial charge in [-0.1, -0.05) is 0 Å². The minimum absolute atomic E-state index is 0.828. The van der Waals surface area contributed by atoms with Crippen LogP contribution in [0.5, 0.6) is 0 Å². The van der Waals surface area contributed by atoms with Crippen LogP contribution >= 0.6 is 39.0 Å². The van der Waals surface area contributed by atoms with Crippen molar-refractivity contribution < 1.29 is 4.74 Å². The summed E-state index contributed by atoms with van der Waals surface area (Å²) >= 11 is 7.00. The molecular weight excluding hydrogens is 282 g/mol. The average molecular weight is 294 g/mol. The highest BCUT2D eigenvalue weighted by atomic mass is 79.9. The molecule has 0 N–H and O–H groups in total. The van der Waals surface area contributed by atoms with E-state index >= 15 is 0 Å². The molecule has 0 unspecified atom stereocenters. The summed E-state index contributed by atoms with van der Waals surface area (Å²) in [4.78, 5) is 4.17. The molecule has 0 aromatic carbocycles. The molecule has 2 rings (SSSR count). The topological polar surface area (TPSA) is 22.1 Å². The Bertz CT molecular complexity index is 286. The molecule has 0 atom stereocenters. The molecule has 0 spiro atoms. The Morgan fingerprint density at radius 2 is 2.36 bits per heavy atom. The van der Waals surface area contributed by atoms with E-state index in [1.54, 1.807) is 11.3 Å². The van der Waals surface area contributed by atoms with Crippen LogP contribution in [0.25, 0.3) is 0 Å². The van der Waals surface area contributed by atoms with E-state index in [9.17, 15) is 0 Å². The lowest BCUT2D eigenvalue weighted by Gasteiger charge is -2.20. The Balaban J connectivity index is 1.76. The molecule has 1 fully saturated rings. The predicted molar refractivity (Wildman–Crippen MR) is 64.1 cm³/mol. The van der Waals surface area contributed by atoms with Crippen LogP contribution in [0.15, 0.2) is 14.3 Å². The van der Waals surface area contributed by atoms with Gasteiger partial charge < -0.3 is 4.74 Å². The fourth-order valence-corrected chi connectivity index (χ4v) is 4.28. The van der Waals surface area contributed by atoms with E-state index in [1.165, 1.54) is 22.8 Å². The van der Waals surface area contributed by atoms with Crippen molar-refractivity contribution in [2.24, 2.45) is 5.92 Å². The maximum Gasteiger partial charge on any atom is 0.160 e. The molecular formula is C9H12BrNOS2. The molecule has 1 saturated heterocycles. The number of thiazole rings is 1. The molecule has 78 valence electrons. The number of hydrogen-bond acceptors (Lipinski definition) is 4. The molecule has 0 radical (unpaired) electrons. The van der Waals surface area contributed by atoms with E-state index < -0.39 is 0 Å². The lowest BCUT2D eigenvalue weighted by molar-refractivity contribution is 0.0728. The zero-order valence-electron chi connectivity index (χ0n) is 7.74. The second kappa shape index (κ2) is 5.49. The molecule has 0 aliphatic carbocycles. The first-order chi connectivity index (χ1) is 6.84. The van der Waals surface area contributed by atoms with Gasteiger partial charge in [-0.15, -0.1) is 23.1 Å². The Morgan fingerprint density at radius 3 is 3.00 bits per heavy atom. The first kappa shape index (κ1) is 10.9. The Labute approximate surface area is 101 Å². The third-order valence-corrected chi connectivity index (χ3v) is 5.16. The molecule has 14 heavy (non-hydrogen) atoms. The zero-order chi connectivity index (χ0) is 9.80. The lowest BCUT2D eigenvalue weighted by Crippen LogP contribution is -2.17.